The summed E-state index contributed by atoms with van der Waals surface area (Å²) in [6.07, 6.45) is 5.93. The molecule has 0 amide bonds. The SMILES string of the molecule is COC(=O)C12CC(C3CCNCC3)(C1)C2. The molecule has 4 aliphatic rings. The molecule has 3 aliphatic carbocycles. The third kappa shape index (κ3) is 1.13. The van der Waals surface area contributed by atoms with E-state index in [9.17, 15) is 4.79 Å². The van der Waals surface area contributed by atoms with Crippen molar-refractivity contribution in [1.29, 1.82) is 0 Å². The Morgan fingerprint density at radius 2 is 1.87 bits per heavy atom. The number of ether oxygens (including phenoxy) is 1. The molecule has 1 N–H and O–H groups in total. The van der Waals surface area contributed by atoms with Gasteiger partial charge in [-0.25, -0.2) is 0 Å². The van der Waals surface area contributed by atoms with E-state index in [2.05, 4.69) is 5.32 Å². The largest absolute Gasteiger partial charge is 0.469 e. The molecule has 0 atom stereocenters. The van der Waals surface area contributed by atoms with Gasteiger partial charge in [-0.3, -0.25) is 4.79 Å². The van der Waals surface area contributed by atoms with Gasteiger partial charge in [-0.1, -0.05) is 0 Å². The molecule has 3 nitrogen and oxygen atoms in total. The maximum atomic E-state index is 11.5. The van der Waals surface area contributed by atoms with Crippen LogP contribution in [0, 0.1) is 16.7 Å². The highest BCUT2D eigenvalue weighted by Gasteiger charge is 2.73. The molecule has 0 unspecified atom stereocenters. The minimum absolute atomic E-state index is 0.0401. The second kappa shape index (κ2) is 2.97. The van der Waals surface area contributed by atoms with E-state index < -0.39 is 0 Å². The van der Waals surface area contributed by atoms with Crippen molar-refractivity contribution in [3.8, 4) is 0 Å². The Balaban J connectivity index is 1.62. The molecule has 0 spiro atoms. The topological polar surface area (TPSA) is 38.3 Å². The molecule has 15 heavy (non-hydrogen) atoms. The molecule has 3 saturated carbocycles. The molecule has 3 heteroatoms. The highest BCUT2D eigenvalue weighted by Crippen LogP contribution is 2.77. The summed E-state index contributed by atoms with van der Waals surface area (Å²) >= 11 is 0. The van der Waals surface area contributed by atoms with Crippen molar-refractivity contribution in [2.45, 2.75) is 32.1 Å². The Labute approximate surface area is 90.6 Å². The van der Waals surface area contributed by atoms with Gasteiger partial charge in [-0.15, -0.1) is 0 Å². The van der Waals surface area contributed by atoms with Crippen LogP contribution in [0.4, 0.5) is 0 Å². The molecule has 1 saturated heterocycles. The second-order valence-corrected chi connectivity index (χ2v) is 5.69. The molecule has 0 aromatic rings. The number of hydrogen-bond acceptors (Lipinski definition) is 3. The zero-order chi connectivity index (χ0) is 10.5. The Morgan fingerprint density at radius 3 is 2.40 bits per heavy atom. The van der Waals surface area contributed by atoms with Gasteiger partial charge in [-0.2, -0.15) is 0 Å². The second-order valence-electron chi connectivity index (χ2n) is 5.69. The summed E-state index contributed by atoms with van der Waals surface area (Å²) in [4.78, 5) is 11.5. The lowest BCUT2D eigenvalue weighted by Gasteiger charge is -2.72. The molecule has 4 rings (SSSR count). The van der Waals surface area contributed by atoms with Crippen LogP contribution in [0.2, 0.25) is 0 Å². The van der Waals surface area contributed by atoms with Gasteiger partial charge in [-0.05, 0) is 56.5 Å². The summed E-state index contributed by atoms with van der Waals surface area (Å²) in [5, 5.41) is 3.40. The highest BCUT2D eigenvalue weighted by atomic mass is 16.5. The monoisotopic (exact) mass is 209 g/mol. The van der Waals surface area contributed by atoms with E-state index in [1.165, 1.54) is 20.0 Å². The summed E-state index contributed by atoms with van der Waals surface area (Å²) in [5.74, 6) is 0.906. The number of carbonyl (C=O) groups excluding carboxylic acids is 1. The maximum absolute atomic E-state index is 11.5. The Hall–Kier alpha value is -0.570. The van der Waals surface area contributed by atoms with Gasteiger partial charge in [0, 0.05) is 0 Å². The van der Waals surface area contributed by atoms with Crippen LogP contribution in [0.5, 0.6) is 0 Å². The van der Waals surface area contributed by atoms with Crippen molar-refractivity contribution in [2.75, 3.05) is 20.2 Å². The summed E-state index contributed by atoms with van der Waals surface area (Å²) in [6, 6.07) is 0. The van der Waals surface area contributed by atoms with Gasteiger partial charge in [0.2, 0.25) is 0 Å². The van der Waals surface area contributed by atoms with Gasteiger partial charge in [0.05, 0.1) is 12.5 Å². The van der Waals surface area contributed by atoms with Crippen LogP contribution in [-0.4, -0.2) is 26.2 Å². The summed E-state index contributed by atoms with van der Waals surface area (Å²) in [5.41, 5.74) is 0.496. The van der Waals surface area contributed by atoms with Crippen LogP contribution in [-0.2, 0) is 9.53 Å². The van der Waals surface area contributed by atoms with Gasteiger partial charge in [0.25, 0.3) is 0 Å². The van der Waals surface area contributed by atoms with Crippen LogP contribution in [0.1, 0.15) is 32.1 Å². The van der Waals surface area contributed by atoms with Crippen molar-refractivity contribution in [3.05, 3.63) is 0 Å². The van der Waals surface area contributed by atoms with Crippen molar-refractivity contribution in [2.24, 2.45) is 16.7 Å². The van der Waals surface area contributed by atoms with Gasteiger partial charge < -0.3 is 10.1 Å². The fourth-order valence-electron chi connectivity index (χ4n) is 4.17. The quantitative estimate of drug-likeness (QED) is 0.697. The number of carbonyl (C=O) groups is 1. The first kappa shape index (κ1) is 9.64. The zero-order valence-corrected chi connectivity index (χ0v) is 9.34. The Kier molecular flexibility index (Phi) is 1.91. The first-order chi connectivity index (χ1) is 7.21. The van der Waals surface area contributed by atoms with Gasteiger partial charge in [0.1, 0.15) is 0 Å². The number of rotatable bonds is 2. The molecular weight excluding hydrogens is 190 g/mol. The van der Waals surface area contributed by atoms with Crippen LogP contribution >= 0.6 is 0 Å². The molecular formula is C12H19NO2. The zero-order valence-electron chi connectivity index (χ0n) is 9.34. The third-order valence-electron chi connectivity index (χ3n) is 4.89. The molecule has 1 heterocycles. The average Bonchev–Trinajstić information content (AvgIpc) is 2.15. The van der Waals surface area contributed by atoms with Crippen molar-refractivity contribution in [3.63, 3.8) is 0 Å². The lowest BCUT2D eigenvalue weighted by molar-refractivity contribution is -0.247. The standard InChI is InChI=1S/C12H19NO2/c1-15-10(14)12-6-11(7-12,8-12)9-2-4-13-5-3-9/h9,13H,2-8H2,1H3. The van der Waals surface area contributed by atoms with Crippen molar-refractivity contribution in [1.82, 2.24) is 5.32 Å². The highest BCUT2D eigenvalue weighted by molar-refractivity contribution is 5.81. The van der Waals surface area contributed by atoms with E-state index in [-0.39, 0.29) is 11.4 Å². The number of esters is 1. The maximum Gasteiger partial charge on any atom is 0.311 e. The van der Waals surface area contributed by atoms with E-state index in [1.807, 2.05) is 0 Å². The Morgan fingerprint density at radius 1 is 1.27 bits per heavy atom. The molecule has 0 aromatic carbocycles. The Bertz CT molecular complexity index is 274. The van der Waals surface area contributed by atoms with E-state index >= 15 is 0 Å². The first-order valence-corrected chi connectivity index (χ1v) is 6.00. The molecule has 84 valence electrons. The third-order valence-corrected chi connectivity index (χ3v) is 4.89. The molecule has 1 aliphatic heterocycles. The fourth-order valence-corrected chi connectivity index (χ4v) is 4.17. The predicted octanol–water partition coefficient (Wildman–Crippen LogP) is 1.33. The van der Waals surface area contributed by atoms with Gasteiger partial charge >= 0.3 is 5.97 Å². The lowest BCUT2D eigenvalue weighted by atomic mass is 9.31. The van der Waals surface area contributed by atoms with Crippen LogP contribution in [0.25, 0.3) is 0 Å². The average molecular weight is 209 g/mol. The number of piperidine rings is 1. The summed E-state index contributed by atoms with van der Waals surface area (Å²) in [7, 11) is 1.51. The summed E-state index contributed by atoms with van der Waals surface area (Å²) < 4.78 is 4.88. The molecule has 4 fully saturated rings. The van der Waals surface area contributed by atoms with Crippen molar-refractivity contribution < 1.29 is 9.53 Å². The minimum atomic E-state index is -0.0420. The van der Waals surface area contributed by atoms with Crippen molar-refractivity contribution >= 4 is 5.97 Å². The van der Waals surface area contributed by atoms with E-state index in [4.69, 9.17) is 4.74 Å². The molecule has 0 aromatic heterocycles. The van der Waals surface area contributed by atoms with Crippen LogP contribution < -0.4 is 5.32 Å². The minimum Gasteiger partial charge on any atom is -0.469 e. The number of hydrogen-bond donors (Lipinski definition) is 1. The number of methoxy groups -OCH3 is 1. The number of nitrogens with one attached hydrogen (secondary N) is 1. The smallest absolute Gasteiger partial charge is 0.311 e. The molecule has 0 radical (unpaired) electrons. The fraction of sp³-hybridized carbons (Fsp3) is 0.917. The van der Waals surface area contributed by atoms with Gasteiger partial charge in [0.15, 0.2) is 0 Å². The normalized spacial score (nSPS) is 44.1. The first-order valence-electron chi connectivity index (χ1n) is 6.00. The molecule has 2 bridgehead atoms. The van der Waals surface area contributed by atoms with Crippen LogP contribution in [0.3, 0.4) is 0 Å². The van der Waals surface area contributed by atoms with E-state index in [0.717, 1.165) is 38.3 Å². The van der Waals surface area contributed by atoms with E-state index in [1.54, 1.807) is 0 Å². The van der Waals surface area contributed by atoms with Crippen LogP contribution in [0.15, 0.2) is 0 Å². The lowest BCUT2D eigenvalue weighted by Crippen LogP contribution is -2.69. The van der Waals surface area contributed by atoms with E-state index in [0.29, 0.717) is 5.41 Å². The summed E-state index contributed by atoms with van der Waals surface area (Å²) in [6.45, 7) is 2.33. The predicted molar refractivity (Wildman–Crippen MR) is 56.3 cm³/mol.